The van der Waals surface area contributed by atoms with Crippen LogP contribution in [0.4, 0.5) is 4.39 Å². The minimum Gasteiger partial charge on any atom is -0.207 e. The maximum absolute atomic E-state index is 13.1. The summed E-state index contributed by atoms with van der Waals surface area (Å²) >= 11 is 0. The van der Waals surface area contributed by atoms with Crippen molar-refractivity contribution in [1.29, 1.82) is 0 Å². The Kier molecular flexibility index (Phi) is 4.64. The third-order valence-electron chi connectivity index (χ3n) is 2.49. The summed E-state index contributed by atoms with van der Waals surface area (Å²) in [6.45, 7) is 4.24. The van der Waals surface area contributed by atoms with Gasteiger partial charge in [0.1, 0.15) is 5.82 Å². The number of halogens is 1. The van der Waals surface area contributed by atoms with E-state index in [-0.39, 0.29) is 5.82 Å². The van der Waals surface area contributed by atoms with E-state index in [2.05, 4.69) is 19.9 Å². The highest BCUT2D eigenvalue weighted by Gasteiger charge is 1.99. The molecular formula is C13H19F. The van der Waals surface area contributed by atoms with E-state index in [4.69, 9.17) is 0 Å². The molecule has 0 radical (unpaired) electrons. The van der Waals surface area contributed by atoms with Crippen LogP contribution in [0, 0.1) is 5.82 Å². The molecule has 0 nitrogen and oxygen atoms in total. The molecule has 0 amide bonds. The average molecular weight is 194 g/mol. The van der Waals surface area contributed by atoms with Gasteiger partial charge in [-0.2, -0.15) is 0 Å². The van der Waals surface area contributed by atoms with Crippen molar-refractivity contribution in [3.8, 4) is 0 Å². The molecule has 1 aromatic carbocycles. The maximum atomic E-state index is 13.1. The molecule has 78 valence electrons. The van der Waals surface area contributed by atoms with E-state index in [0.717, 1.165) is 24.0 Å². The summed E-state index contributed by atoms with van der Waals surface area (Å²) in [6.07, 6.45) is 5.55. The van der Waals surface area contributed by atoms with Crippen molar-refractivity contribution in [2.24, 2.45) is 0 Å². The number of hydrogen-bond donors (Lipinski definition) is 0. The van der Waals surface area contributed by atoms with Crippen molar-refractivity contribution in [2.45, 2.75) is 46.0 Å². The van der Waals surface area contributed by atoms with Crippen molar-refractivity contribution in [3.63, 3.8) is 0 Å². The fraction of sp³-hybridized carbons (Fsp3) is 0.538. The first-order valence-corrected chi connectivity index (χ1v) is 5.54. The quantitative estimate of drug-likeness (QED) is 0.618. The van der Waals surface area contributed by atoms with E-state index in [9.17, 15) is 4.39 Å². The van der Waals surface area contributed by atoms with Gasteiger partial charge in [-0.15, -0.1) is 0 Å². The van der Waals surface area contributed by atoms with Crippen LogP contribution in [-0.4, -0.2) is 0 Å². The molecule has 0 saturated heterocycles. The standard InChI is InChI=1S/C13H19F/c1-3-5-6-7-12-8-11(4-2)9-13(14)10-12/h8-10H,3-7H2,1-2H3. The lowest BCUT2D eigenvalue weighted by atomic mass is 10.0. The Morgan fingerprint density at radius 3 is 2.36 bits per heavy atom. The van der Waals surface area contributed by atoms with Crippen LogP contribution in [-0.2, 0) is 12.8 Å². The van der Waals surface area contributed by atoms with E-state index < -0.39 is 0 Å². The summed E-state index contributed by atoms with van der Waals surface area (Å²) in [5, 5.41) is 0. The van der Waals surface area contributed by atoms with Gasteiger partial charge in [-0.25, -0.2) is 4.39 Å². The smallest absolute Gasteiger partial charge is 0.123 e. The zero-order valence-corrected chi connectivity index (χ0v) is 9.15. The molecule has 0 unspecified atom stereocenters. The van der Waals surface area contributed by atoms with Crippen LogP contribution in [0.25, 0.3) is 0 Å². The van der Waals surface area contributed by atoms with Gasteiger partial charge in [-0.3, -0.25) is 0 Å². The highest BCUT2D eigenvalue weighted by Crippen LogP contribution is 2.12. The van der Waals surface area contributed by atoms with Gasteiger partial charge in [-0.1, -0.05) is 32.8 Å². The van der Waals surface area contributed by atoms with Gasteiger partial charge in [-0.05, 0) is 42.5 Å². The Hall–Kier alpha value is -0.850. The van der Waals surface area contributed by atoms with E-state index in [1.165, 1.54) is 19.3 Å². The van der Waals surface area contributed by atoms with Crippen molar-refractivity contribution in [2.75, 3.05) is 0 Å². The molecule has 0 fully saturated rings. The molecule has 0 saturated carbocycles. The first-order valence-electron chi connectivity index (χ1n) is 5.54. The van der Waals surface area contributed by atoms with E-state index in [1.54, 1.807) is 12.1 Å². The normalized spacial score (nSPS) is 10.5. The average Bonchev–Trinajstić information content (AvgIpc) is 2.17. The van der Waals surface area contributed by atoms with Crippen molar-refractivity contribution in [1.82, 2.24) is 0 Å². The fourth-order valence-corrected chi connectivity index (χ4v) is 1.64. The predicted octanol–water partition coefficient (Wildman–Crippen LogP) is 4.12. The van der Waals surface area contributed by atoms with E-state index >= 15 is 0 Å². The molecule has 0 aliphatic carbocycles. The predicted molar refractivity (Wildman–Crippen MR) is 59.0 cm³/mol. The summed E-state index contributed by atoms with van der Waals surface area (Å²) in [5.74, 6) is -0.0872. The lowest BCUT2D eigenvalue weighted by Gasteiger charge is -2.04. The minimum absolute atomic E-state index is 0.0872. The zero-order chi connectivity index (χ0) is 10.4. The Morgan fingerprint density at radius 1 is 1.00 bits per heavy atom. The number of hydrogen-bond acceptors (Lipinski definition) is 0. The third-order valence-corrected chi connectivity index (χ3v) is 2.49. The van der Waals surface area contributed by atoms with E-state index in [1.807, 2.05) is 0 Å². The van der Waals surface area contributed by atoms with Gasteiger partial charge in [0.2, 0.25) is 0 Å². The first kappa shape index (κ1) is 11.2. The molecule has 0 N–H and O–H groups in total. The number of rotatable bonds is 5. The summed E-state index contributed by atoms with van der Waals surface area (Å²) < 4.78 is 13.1. The summed E-state index contributed by atoms with van der Waals surface area (Å²) in [4.78, 5) is 0. The Balaban J connectivity index is 2.62. The summed E-state index contributed by atoms with van der Waals surface area (Å²) in [6, 6.07) is 5.41. The molecule has 0 heterocycles. The van der Waals surface area contributed by atoms with Crippen molar-refractivity contribution < 1.29 is 4.39 Å². The highest BCUT2D eigenvalue weighted by molar-refractivity contribution is 5.24. The second kappa shape index (κ2) is 5.79. The molecule has 1 heteroatoms. The topological polar surface area (TPSA) is 0 Å². The number of unbranched alkanes of at least 4 members (excludes halogenated alkanes) is 2. The van der Waals surface area contributed by atoms with Gasteiger partial charge in [0.25, 0.3) is 0 Å². The van der Waals surface area contributed by atoms with Crippen LogP contribution in [0.15, 0.2) is 18.2 Å². The highest BCUT2D eigenvalue weighted by atomic mass is 19.1. The molecule has 1 rings (SSSR count). The Labute approximate surface area is 86.2 Å². The molecule has 1 aromatic rings. The van der Waals surface area contributed by atoms with E-state index in [0.29, 0.717) is 0 Å². The van der Waals surface area contributed by atoms with Crippen LogP contribution in [0.1, 0.15) is 44.2 Å². The minimum atomic E-state index is -0.0872. The third kappa shape index (κ3) is 3.49. The zero-order valence-electron chi connectivity index (χ0n) is 9.15. The monoisotopic (exact) mass is 194 g/mol. The van der Waals surface area contributed by atoms with Crippen LogP contribution in [0.2, 0.25) is 0 Å². The Morgan fingerprint density at radius 2 is 1.71 bits per heavy atom. The lowest BCUT2D eigenvalue weighted by molar-refractivity contribution is 0.620. The van der Waals surface area contributed by atoms with Gasteiger partial charge < -0.3 is 0 Å². The molecule has 0 aliphatic rings. The van der Waals surface area contributed by atoms with Crippen LogP contribution in [0.3, 0.4) is 0 Å². The second-order valence-electron chi connectivity index (χ2n) is 3.78. The number of benzene rings is 1. The van der Waals surface area contributed by atoms with Gasteiger partial charge in [0.15, 0.2) is 0 Å². The van der Waals surface area contributed by atoms with Gasteiger partial charge in [0, 0.05) is 0 Å². The SMILES string of the molecule is CCCCCc1cc(F)cc(CC)c1. The molecule has 0 aliphatic heterocycles. The van der Waals surface area contributed by atoms with Crippen LogP contribution >= 0.6 is 0 Å². The van der Waals surface area contributed by atoms with Crippen molar-refractivity contribution >= 4 is 0 Å². The summed E-state index contributed by atoms with van der Waals surface area (Å²) in [7, 11) is 0. The number of aryl methyl sites for hydroxylation is 2. The molecule has 0 spiro atoms. The Bertz CT molecular complexity index is 279. The van der Waals surface area contributed by atoms with Crippen LogP contribution in [0.5, 0.6) is 0 Å². The molecule has 0 aromatic heterocycles. The first-order chi connectivity index (χ1) is 6.76. The molecule has 14 heavy (non-hydrogen) atoms. The van der Waals surface area contributed by atoms with Crippen molar-refractivity contribution in [3.05, 3.63) is 35.1 Å². The molecular weight excluding hydrogens is 175 g/mol. The summed E-state index contributed by atoms with van der Waals surface area (Å²) in [5.41, 5.74) is 2.26. The fourth-order valence-electron chi connectivity index (χ4n) is 1.64. The maximum Gasteiger partial charge on any atom is 0.123 e. The van der Waals surface area contributed by atoms with Gasteiger partial charge in [0.05, 0.1) is 0 Å². The van der Waals surface area contributed by atoms with Gasteiger partial charge >= 0.3 is 0 Å². The molecule has 0 bridgehead atoms. The van der Waals surface area contributed by atoms with Crippen LogP contribution < -0.4 is 0 Å². The second-order valence-corrected chi connectivity index (χ2v) is 3.78. The largest absolute Gasteiger partial charge is 0.207 e. The molecule has 0 atom stereocenters. The lowest BCUT2D eigenvalue weighted by Crippen LogP contribution is -1.91.